The molecule has 0 saturated heterocycles. The highest BCUT2D eigenvalue weighted by Gasteiger charge is 2.40. The van der Waals surface area contributed by atoms with Crippen molar-refractivity contribution >= 4 is 49.3 Å². The maximum Gasteiger partial charge on any atom is 0.237 e. The summed E-state index contributed by atoms with van der Waals surface area (Å²) in [5, 5.41) is 0.931. The van der Waals surface area contributed by atoms with Gasteiger partial charge < -0.3 is 0 Å². The summed E-state index contributed by atoms with van der Waals surface area (Å²) in [6, 6.07) is 15.3. The Balaban J connectivity index is 1.93. The fraction of sp³-hybridized carbons (Fsp3) is 0.250. The van der Waals surface area contributed by atoms with E-state index in [9.17, 15) is 13.2 Å². The lowest BCUT2D eigenvalue weighted by Gasteiger charge is -2.24. The minimum absolute atomic E-state index is 0.157. The fourth-order valence-electron chi connectivity index (χ4n) is 4.08. The largest absolute Gasteiger partial charge is 0.294 e. The SMILES string of the molecule is C[C@]1(Cc2c(I)n(S(C)(=O)=O)c3ccccc23)CC(=O)c2ccccc21. The molecule has 1 atom stereocenters. The smallest absolute Gasteiger partial charge is 0.237 e. The first-order chi connectivity index (χ1) is 12.2. The topological polar surface area (TPSA) is 56.1 Å². The zero-order valence-corrected chi connectivity index (χ0v) is 17.5. The molecule has 0 unspecified atom stereocenters. The third kappa shape index (κ3) is 2.62. The minimum Gasteiger partial charge on any atom is -0.294 e. The summed E-state index contributed by atoms with van der Waals surface area (Å²) in [6.45, 7) is 2.10. The van der Waals surface area contributed by atoms with Crippen molar-refractivity contribution in [3.8, 4) is 0 Å². The Kier molecular flexibility index (Phi) is 4.04. The van der Waals surface area contributed by atoms with E-state index in [4.69, 9.17) is 0 Å². The second kappa shape index (κ2) is 5.92. The number of rotatable bonds is 3. The van der Waals surface area contributed by atoms with Gasteiger partial charge >= 0.3 is 0 Å². The molecular weight excluding hydrogens is 461 g/mol. The van der Waals surface area contributed by atoms with Crippen LogP contribution in [0.4, 0.5) is 0 Å². The Bertz CT molecular complexity index is 1160. The van der Waals surface area contributed by atoms with Gasteiger partial charge in [0, 0.05) is 22.8 Å². The molecular formula is C20H18INO3S. The third-order valence-electron chi connectivity index (χ3n) is 5.20. The molecule has 3 aromatic rings. The van der Waals surface area contributed by atoms with Gasteiger partial charge in [-0.25, -0.2) is 12.4 Å². The monoisotopic (exact) mass is 479 g/mol. The van der Waals surface area contributed by atoms with Crippen LogP contribution in [0.3, 0.4) is 0 Å². The van der Waals surface area contributed by atoms with Gasteiger partial charge in [-0.2, -0.15) is 0 Å². The van der Waals surface area contributed by atoms with E-state index in [0.29, 0.717) is 22.1 Å². The summed E-state index contributed by atoms with van der Waals surface area (Å²) in [6.07, 6.45) is 2.29. The maximum atomic E-state index is 12.5. The van der Waals surface area contributed by atoms with Crippen molar-refractivity contribution in [2.75, 3.05) is 6.26 Å². The van der Waals surface area contributed by atoms with Crippen molar-refractivity contribution in [1.29, 1.82) is 0 Å². The van der Waals surface area contributed by atoms with Crippen LogP contribution in [0, 0.1) is 3.70 Å². The van der Waals surface area contributed by atoms with Gasteiger partial charge in [0.2, 0.25) is 10.0 Å². The van der Waals surface area contributed by atoms with E-state index in [0.717, 1.165) is 22.1 Å². The van der Waals surface area contributed by atoms with Gasteiger partial charge in [-0.15, -0.1) is 0 Å². The Morgan fingerprint density at radius 1 is 1.12 bits per heavy atom. The molecule has 0 saturated carbocycles. The number of Topliss-reactive ketones (excluding diaryl/α,β-unsaturated/α-hetero) is 1. The molecule has 0 bridgehead atoms. The van der Waals surface area contributed by atoms with Crippen LogP contribution in [0.5, 0.6) is 0 Å². The van der Waals surface area contributed by atoms with E-state index in [-0.39, 0.29) is 11.2 Å². The van der Waals surface area contributed by atoms with E-state index in [1.807, 2.05) is 48.5 Å². The molecule has 0 spiro atoms. The molecule has 1 aromatic heterocycles. The Morgan fingerprint density at radius 3 is 2.50 bits per heavy atom. The summed E-state index contributed by atoms with van der Waals surface area (Å²) < 4.78 is 26.8. The summed E-state index contributed by atoms with van der Waals surface area (Å²) in [4.78, 5) is 12.5. The highest BCUT2D eigenvalue weighted by Crippen LogP contribution is 2.43. The number of benzene rings is 2. The van der Waals surface area contributed by atoms with Crippen LogP contribution >= 0.6 is 22.6 Å². The zero-order valence-electron chi connectivity index (χ0n) is 14.5. The van der Waals surface area contributed by atoms with Gasteiger partial charge in [0.15, 0.2) is 5.78 Å². The van der Waals surface area contributed by atoms with Gasteiger partial charge in [0.1, 0.15) is 0 Å². The zero-order chi connectivity index (χ0) is 18.7. The lowest BCUT2D eigenvalue weighted by molar-refractivity contribution is 0.0976. The first-order valence-corrected chi connectivity index (χ1v) is 11.3. The maximum absolute atomic E-state index is 12.5. The molecule has 1 heterocycles. The lowest BCUT2D eigenvalue weighted by Crippen LogP contribution is -2.23. The van der Waals surface area contributed by atoms with Crippen molar-refractivity contribution in [1.82, 2.24) is 3.97 Å². The molecule has 0 radical (unpaired) electrons. The van der Waals surface area contributed by atoms with E-state index in [2.05, 4.69) is 29.5 Å². The molecule has 0 aliphatic heterocycles. The molecule has 1 aliphatic carbocycles. The summed E-state index contributed by atoms with van der Waals surface area (Å²) >= 11 is 2.12. The second-order valence-electron chi connectivity index (χ2n) is 7.20. The van der Waals surface area contributed by atoms with Crippen LogP contribution in [0.25, 0.3) is 10.9 Å². The average Bonchev–Trinajstić information content (AvgIpc) is 3.00. The minimum atomic E-state index is -3.42. The molecule has 0 N–H and O–H groups in total. The van der Waals surface area contributed by atoms with E-state index >= 15 is 0 Å². The normalized spacial score (nSPS) is 19.9. The van der Waals surface area contributed by atoms with Gasteiger partial charge in [0.25, 0.3) is 0 Å². The number of hydrogen-bond acceptors (Lipinski definition) is 3. The number of halogens is 1. The van der Waals surface area contributed by atoms with Gasteiger partial charge in [0.05, 0.1) is 15.5 Å². The Labute approximate surface area is 166 Å². The number of ketones is 1. The fourth-order valence-corrected chi connectivity index (χ4v) is 6.82. The number of carbonyl (C=O) groups excluding carboxylic acids is 1. The summed E-state index contributed by atoms with van der Waals surface area (Å²) in [5.74, 6) is 0.157. The molecule has 1 aliphatic rings. The number of fused-ring (bicyclic) bond motifs is 2. The number of para-hydroxylation sites is 1. The van der Waals surface area contributed by atoms with E-state index in [1.54, 1.807) is 0 Å². The first kappa shape index (κ1) is 17.7. The Morgan fingerprint density at radius 2 is 1.77 bits per heavy atom. The Hall–Kier alpha value is -1.67. The van der Waals surface area contributed by atoms with Crippen LogP contribution in [0.1, 0.15) is 34.8 Å². The lowest BCUT2D eigenvalue weighted by atomic mass is 9.78. The van der Waals surface area contributed by atoms with Crippen molar-refractivity contribution in [2.45, 2.75) is 25.2 Å². The molecule has 134 valence electrons. The number of hydrogen-bond donors (Lipinski definition) is 0. The number of aromatic nitrogens is 1. The molecule has 4 rings (SSSR count). The predicted molar refractivity (Wildman–Crippen MR) is 111 cm³/mol. The highest BCUT2D eigenvalue weighted by atomic mass is 127. The third-order valence-corrected chi connectivity index (χ3v) is 7.71. The summed E-state index contributed by atoms with van der Waals surface area (Å²) in [5.41, 5.74) is 3.18. The quantitative estimate of drug-likeness (QED) is 0.531. The number of carbonyl (C=O) groups is 1. The van der Waals surface area contributed by atoms with Crippen LogP contribution in [-0.2, 0) is 21.9 Å². The summed E-state index contributed by atoms with van der Waals surface area (Å²) in [7, 11) is -3.42. The van der Waals surface area contributed by atoms with Crippen LogP contribution in [0.15, 0.2) is 48.5 Å². The van der Waals surface area contributed by atoms with Crippen molar-refractivity contribution in [2.24, 2.45) is 0 Å². The number of nitrogens with zero attached hydrogens (tertiary/aromatic N) is 1. The van der Waals surface area contributed by atoms with Gasteiger partial charge in [-0.3, -0.25) is 4.79 Å². The molecule has 4 nitrogen and oxygen atoms in total. The average molecular weight is 479 g/mol. The predicted octanol–water partition coefficient (Wildman–Crippen LogP) is 4.14. The highest BCUT2D eigenvalue weighted by molar-refractivity contribution is 14.1. The molecule has 26 heavy (non-hydrogen) atoms. The second-order valence-corrected chi connectivity index (χ2v) is 10.0. The molecule has 0 amide bonds. The van der Waals surface area contributed by atoms with Crippen molar-refractivity contribution in [3.05, 3.63) is 68.9 Å². The van der Waals surface area contributed by atoms with Gasteiger partial charge in [-0.1, -0.05) is 49.4 Å². The molecule has 0 fully saturated rings. The molecule has 6 heteroatoms. The molecule has 2 aromatic carbocycles. The van der Waals surface area contributed by atoms with E-state index < -0.39 is 10.0 Å². The van der Waals surface area contributed by atoms with Crippen LogP contribution < -0.4 is 0 Å². The van der Waals surface area contributed by atoms with Gasteiger partial charge in [-0.05, 0) is 46.2 Å². The van der Waals surface area contributed by atoms with Crippen LogP contribution in [0.2, 0.25) is 0 Å². The first-order valence-electron chi connectivity index (χ1n) is 8.33. The van der Waals surface area contributed by atoms with Crippen molar-refractivity contribution in [3.63, 3.8) is 0 Å². The van der Waals surface area contributed by atoms with Crippen LogP contribution in [-0.4, -0.2) is 24.4 Å². The van der Waals surface area contributed by atoms with Crippen molar-refractivity contribution < 1.29 is 13.2 Å². The standard InChI is InChI=1S/C20H18INO3S/c1-20(12-18(23)14-8-3-5-9-16(14)20)11-15-13-7-4-6-10-17(13)22(19(15)21)26(2,24)25/h3-10H,11-12H2,1-2H3/t20-/m0/s1. The van der Waals surface area contributed by atoms with E-state index in [1.165, 1.54) is 10.2 Å².